The molecule has 0 radical (unpaired) electrons. The van der Waals surface area contributed by atoms with Gasteiger partial charge in [0.2, 0.25) is 5.88 Å². The zero-order valence-electron chi connectivity index (χ0n) is 16.5. The number of nitrogens with two attached hydrogens (primary N) is 1. The maximum absolute atomic E-state index is 6.02. The summed E-state index contributed by atoms with van der Waals surface area (Å²) in [5, 5.41) is 3.11. The molecule has 2 aromatic carbocycles. The van der Waals surface area contributed by atoms with Gasteiger partial charge in [-0.25, -0.2) is 9.98 Å². The van der Waals surface area contributed by atoms with Gasteiger partial charge in [-0.3, -0.25) is 0 Å². The van der Waals surface area contributed by atoms with Crippen molar-refractivity contribution in [3.8, 4) is 17.4 Å². The molecule has 1 aromatic heterocycles. The molecule has 0 spiro atoms. The van der Waals surface area contributed by atoms with Crippen molar-refractivity contribution in [1.29, 1.82) is 0 Å². The predicted molar refractivity (Wildman–Crippen MR) is 113 cm³/mol. The van der Waals surface area contributed by atoms with Gasteiger partial charge in [0, 0.05) is 36.7 Å². The minimum Gasteiger partial charge on any atom is -0.497 e. The summed E-state index contributed by atoms with van der Waals surface area (Å²) in [6.07, 6.45) is 1.71. The lowest BCUT2D eigenvalue weighted by Gasteiger charge is -2.11. The number of nitrogens with zero attached hydrogens (tertiary/aromatic N) is 2. The lowest BCUT2D eigenvalue weighted by atomic mass is 10.2. The number of hydrogen-bond donors (Lipinski definition) is 2. The highest BCUT2D eigenvalue weighted by molar-refractivity contribution is 5.92. The fraction of sp³-hybridized carbons (Fsp3) is 0.182. The zero-order valence-corrected chi connectivity index (χ0v) is 16.5. The average molecular weight is 392 g/mol. The minimum absolute atomic E-state index is 0.324. The molecule has 7 nitrogen and oxygen atoms in total. The van der Waals surface area contributed by atoms with Crippen molar-refractivity contribution in [3.05, 3.63) is 78.0 Å². The van der Waals surface area contributed by atoms with Gasteiger partial charge in [0.1, 0.15) is 11.5 Å². The third-order valence-corrected chi connectivity index (χ3v) is 4.07. The molecule has 0 aliphatic heterocycles. The van der Waals surface area contributed by atoms with Crippen LogP contribution >= 0.6 is 0 Å². The molecule has 150 valence electrons. The van der Waals surface area contributed by atoms with Crippen molar-refractivity contribution >= 4 is 11.6 Å². The predicted octanol–water partition coefficient (Wildman–Crippen LogP) is 3.96. The average Bonchev–Trinajstić information content (AvgIpc) is 2.75. The van der Waals surface area contributed by atoms with E-state index in [1.807, 2.05) is 48.5 Å². The molecule has 3 aromatic rings. The number of pyridine rings is 1. The molecule has 3 N–H and O–H groups in total. The van der Waals surface area contributed by atoms with Gasteiger partial charge in [-0.2, -0.15) is 0 Å². The summed E-state index contributed by atoms with van der Waals surface area (Å²) < 4.78 is 16.1. The van der Waals surface area contributed by atoms with Crippen LogP contribution in [0.15, 0.2) is 71.9 Å². The van der Waals surface area contributed by atoms with Crippen LogP contribution in [0, 0.1) is 0 Å². The molecule has 0 bridgehead atoms. The Morgan fingerprint density at radius 3 is 2.62 bits per heavy atom. The van der Waals surface area contributed by atoms with E-state index in [9.17, 15) is 0 Å². The highest BCUT2D eigenvalue weighted by Crippen LogP contribution is 2.24. The number of methoxy groups -OCH3 is 2. The van der Waals surface area contributed by atoms with Gasteiger partial charge in [0.15, 0.2) is 5.96 Å². The van der Waals surface area contributed by atoms with Crippen LogP contribution in [-0.2, 0) is 17.9 Å². The summed E-state index contributed by atoms with van der Waals surface area (Å²) in [4.78, 5) is 8.69. The van der Waals surface area contributed by atoms with Crippen LogP contribution in [0.5, 0.6) is 17.4 Å². The van der Waals surface area contributed by atoms with Gasteiger partial charge >= 0.3 is 0 Å². The van der Waals surface area contributed by atoms with E-state index in [-0.39, 0.29) is 0 Å². The van der Waals surface area contributed by atoms with E-state index in [0.717, 1.165) is 22.6 Å². The van der Waals surface area contributed by atoms with Crippen molar-refractivity contribution in [2.75, 3.05) is 19.5 Å². The lowest BCUT2D eigenvalue weighted by molar-refractivity contribution is 0.185. The molecule has 0 aliphatic carbocycles. The molecule has 0 amide bonds. The Bertz CT molecular complexity index is 958. The quantitative estimate of drug-likeness (QED) is 0.445. The number of benzene rings is 2. The van der Waals surface area contributed by atoms with Gasteiger partial charge in [-0.1, -0.05) is 30.3 Å². The van der Waals surface area contributed by atoms with Gasteiger partial charge in [0.25, 0.3) is 0 Å². The third kappa shape index (κ3) is 5.95. The highest BCUT2D eigenvalue weighted by Gasteiger charge is 2.04. The number of ether oxygens (including phenoxy) is 3. The Morgan fingerprint density at radius 2 is 1.86 bits per heavy atom. The summed E-state index contributed by atoms with van der Waals surface area (Å²) in [6.45, 7) is 0.896. The van der Waals surface area contributed by atoms with Crippen LogP contribution in [0.3, 0.4) is 0 Å². The molecule has 1 heterocycles. The Labute approximate surface area is 170 Å². The van der Waals surface area contributed by atoms with Gasteiger partial charge in [-0.15, -0.1) is 0 Å². The SMILES string of the molecule is COCc1ccccc1NC(N)=NCc1ccc(Oc2cccc(OC)c2)nc1. The smallest absolute Gasteiger partial charge is 0.219 e. The molecule has 0 atom stereocenters. The Balaban J connectivity index is 1.59. The van der Waals surface area contributed by atoms with Crippen LogP contribution in [0.4, 0.5) is 5.69 Å². The van der Waals surface area contributed by atoms with E-state index in [1.165, 1.54) is 0 Å². The second-order valence-electron chi connectivity index (χ2n) is 6.20. The van der Waals surface area contributed by atoms with Gasteiger partial charge in [-0.05, 0) is 23.8 Å². The summed E-state index contributed by atoms with van der Waals surface area (Å²) >= 11 is 0. The summed E-state index contributed by atoms with van der Waals surface area (Å²) in [5.74, 6) is 2.20. The molecular weight excluding hydrogens is 368 g/mol. The van der Waals surface area contributed by atoms with E-state index in [4.69, 9.17) is 19.9 Å². The molecule has 0 unspecified atom stereocenters. The Morgan fingerprint density at radius 1 is 1.03 bits per heavy atom. The number of anilines is 1. The molecule has 0 fully saturated rings. The van der Waals surface area contributed by atoms with E-state index in [2.05, 4.69) is 15.3 Å². The third-order valence-electron chi connectivity index (χ3n) is 4.07. The van der Waals surface area contributed by atoms with Crippen LogP contribution in [-0.4, -0.2) is 25.2 Å². The molecule has 0 saturated carbocycles. The molecular formula is C22H24N4O3. The molecule has 7 heteroatoms. The topological polar surface area (TPSA) is 91.0 Å². The van der Waals surface area contributed by atoms with Crippen molar-refractivity contribution < 1.29 is 14.2 Å². The fourth-order valence-electron chi connectivity index (χ4n) is 2.63. The molecule has 0 saturated heterocycles. The standard InChI is InChI=1S/C22H24N4O3/c1-27-15-17-6-3-4-9-20(17)26-22(23)25-14-16-10-11-21(24-13-16)29-19-8-5-7-18(12-19)28-2/h3-13H,14-15H2,1-2H3,(H3,23,25,26). The van der Waals surface area contributed by atoms with E-state index >= 15 is 0 Å². The first-order valence-electron chi connectivity index (χ1n) is 9.08. The van der Waals surface area contributed by atoms with Crippen molar-refractivity contribution in [2.24, 2.45) is 10.7 Å². The van der Waals surface area contributed by atoms with E-state index < -0.39 is 0 Å². The van der Waals surface area contributed by atoms with E-state index in [1.54, 1.807) is 32.5 Å². The van der Waals surface area contributed by atoms with Gasteiger partial charge in [0.05, 0.1) is 20.3 Å². The molecule has 29 heavy (non-hydrogen) atoms. The number of aromatic nitrogens is 1. The number of hydrogen-bond acceptors (Lipinski definition) is 5. The van der Waals surface area contributed by atoms with Crippen LogP contribution in [0.1, 0.15) is 11.1 Å². The first-order valence-corrected chi connectivity index (χ1v) is 9.08. The second-order valence-corrected chi connectivity index (χ2v) is 6.20. The van der Waals surface area contributed by atoms with E-state index in [0.29, 0.717) is 30.7 Å². The molecule has 0 aliphatic rings. The van der Waals surface area contributed by atoms with Crippen molar-refractivity contribution in [2.45, 2.75) is 13.2 Å². The number of nitrogens with one attached hydrogen (secondary N) is 1. The lowest BCUT2D eigenvalue weighted by Crippen LogP contribution is -2.23. The summed E-state index contributed by atoms with van der Waals surface area (Å²) in [7, 11) is 3.27. The summed E-state index contributed by atoms with van der Waals surface area (Å²) in [6, 6.07) is 18.8. The largest absolute Gasteiger partial charge is 0.497 e. The van der Waals surface area contributed by atoms with Crippen molar-refractivity contribution in [1.82, 2.24) is 4.98 Å². The number of guanidine groups is 1. The van der Waals surface area contributed by atoms with Crippen LogP contribution < -0.4 is 20.5 Å². The fourth-order valence-corrected chi connectivity index (χ4v) is 2.63. The van der Waals surface area contributed by atoms with Crippen LogP contribution in [0.25, 0.3) is 0 Å². The minimum atomic E-state index is 0.324. The number of aliphatic imine (C=N–C) groups is 1. The first-order chi connectivity index (χ1) is 14.2. The Hall–Kier alpha value is -3.58. The monoisotopic (exact) mass is 392 g/mol. The maximum atomic E-state index is 6.02. The highest BCUT2D eigenvalue weighted by atomic mass is 16.5. The Kier molecular flexibility index (Phi) is 7.02. The number of para-hydroxylation sites is 1. The maximum Gasteiger partial charge on any atom is 0.219 e. The first kappa shape index (κ1) is 20.2. The van der Waals surface area contributed by atoms with Crippen LogP contribution in [0.2, 0.25) is 0 Å². The second kappa shape index (κ2) is 10.1. The summed E-state index contributed by atoms with van der Waals surface area (Å²) in [5.41, 5.74) is 8.81. The number of rotatable bonds is 8. The zero-order chi connectivity index (χ0) is 20.5. The molecule has 3 rings (SSSR count). The normalized spacial score (nSPS) is 11.2. The van der Waals surface area contributed by atoms with Gasteiger partial charge < -0.3 is 25.3 Å². The van der Waals surface area contributed by atoms with Crippen molar-refractivity contribution in [3.63, 3.8) is 0 Å².